The Bertz CT molecular complexity index is 1140. The van der Waals surface area contributed by atoms with Crippen molar-refractivity contribution in [2.45, 2.75) is 18.7 Å². The lowest BCUT2D eigenvalue weighted by Crippen LogP contribution is -2.18. The average Bonchev–Trinajstić information content (AvgIpc) is 2.97. The van der Waals surface area contributed by atoms with Crippen LogP contribution in [0.15, 0.2) is 58.5 Å². The van der Waals surface area contributed by atoms with Crippen molar-refractivity contribution in [2.24, 2.45) is 5.10 Å². The van der Waals surface area contributed by atoms with E-state index in [-0.39, 0.29) is 10.0 Å². The molecule has 3 aromatic rings. The Kier molecular flexibility index (Phi) is 6.46. The van der Waals surface area contributed by atoms with Crippen LogP contribution in [0.2, 0.25) is 10.2 Å². The lowest BCUT2D eigenvalue weighted by atomic mass is 10.3. The predicted molar refractivity (Wildman–Crippen MR) is 114 cm³/mol. The maximum Gasteiger partial charge on any atom is 0.276 e. The first-order valence-electron chi connectivity index (χ1n) is 8.60. The molecule has 0 atom stereocenters. The number of sulfonamides is 1. The average molecular weight is 453 g/mol. The molecule has 0 saturated heterocycles. The Morgan fingerprint density at radius 2 is 1.93 bits per heavy atom. The topological polar surface area (TPSA) is 85.6 Å². The zero-order valence-corrected chi connectivity index (χ0v) is 18.0. The summed E-state index contributed by atoms with van der Waals surface area (Å²) in [4.78, 5) is 2.24. The molecule has 7 nitrogen and oxygen atoms in total. The summed E-state index contributed by atoms with van der Waals surface area (Å²) in [5.74, 6) is 0.589. The fourth-order valence-electron chi connectivity index (χ4n) is 2.53. The largest absolute Gasteiger partial charge is 0.494 e. The minimum Gasteiger partial charge on any atom is -0.494 e. The van der Waals surface area contributed by atoms with E-state index in [1.807, 2.05) is 6.92 Å². The minimum absolute atomic E-state index is 0.0653. The van der Waals surface area contributed by atoms with E-state index in [1.54, 1.807) is 43.3 Å². The second-order valence-electron chi connectivity index (χ2n) is 5.94. The number of hydrogen-bond donors (Lipinski definition) is 1. The van der Waals surface area contributed by atoms with E-state index in [2.05, 4.69) is 15.0 Å². The monoisotopic (exact) mass is 452 g/mol. The van der Waals surface area contributed by atoms with Gasteiger partial charge in [-0.1, -0.05) is 29.3 Å². The van der Waals surface area contributed by atoms with Crippen LogP contribution in [0.4, 0.5) is 0 Å². The molecule has 0 bridgehead atoms. The quantitative estimate of drug-likeness (QED) is 0.429. The normalized spacial score (nSPS) is 11.7. The highest BCUT2D eigenvalue weighted by atomic mass is 35.5. The molecule has 10 heteroatoms. The molecule has 1 heterocycles. The number of benzene rings is 2. The first-order chi connectivity index (χ1) is 13.8. The number of ether oxygens (including phenoxy) is 1. The van der Waals surface area contributed by atoms with Gasteiger partial charge in [0.05, 0.1) is 34.7 Å². The maximum atomic E-state index is 12.4. The summed E-state index contributed by atoms with van der Waals surface area (Å²) in [5, 5.41) is 9.03. The third kappa shape index (κ3) is 4.90. The molecular formula is C19H18Cl2N4O3S. The number of aryl methyl sites for hydroxylation is 1. The van der Waals surface area contributed by atoms with Crippen molar-refractivity contribution < 1.29 is 13.2 Å². The van der Waals surface area contributed by atoms with E-state index < -0.39 is 10.0 Å². The molecule has 1 N–H and O–H groups in total. The van der Waals surface area contributed by atoms with Crippen LogP contribution in [0, 0.1) is 6.92 Å². The third-order valence-electron chi connectivity index (χ3n) is 3.91. The van der Waals surface area contributed by atoms with Gasteiger partial charge in [0.15, 0.2) is 0 Å². The fourth-order valence-corrected chi connectivity index (χ4v) is 3.83. The first-order valence-corrected chi connectivity index (χ1v) is 10.8. The van der Waals surface area contributed by atoms with Gasteiger partial charge >= 0.3 is 0 Å². The van der Waals surface area contributed by atoms with E-state index in [0.717, 1.165) is 0 Å². The van der Waals surface area contributed by atoms with Gasteiger partial charge in [0.2, 0.25) is 0 Å². The standard InChI is InChI=1S/C19H18Cl2N4O3S/c1-3-28-16-7-9-17(10-8-16)29(26,27)24-22-12-18-13(2)23-25(19(18)21)15-6-4-5-14(20)11-15/h4-12,24H,3H2,1-2H3. The Balaban J connectivity index is 1.79. The van der Waals surface area contributed by atoms with E-state index in [9.17, 15) is 8.42 Å². The molecule has 0 amide bonds. The molecule has 152 valence electrons. The van der Waals surface area contributed by atoms with Gasteiger partial charge in [0, 0.05) is 5.02 Å². The Morgan fingerprint density at radius 1 is 1.21 bits per heavy atom. The number of halogens is 2. The highest BCUT2D eigenvalue weighted by Crippen LogP contribution is 2.24. The summed E-state index contributed by atoms with van der Waals surface area (Å²) in [6.45, 7) is 4.09. The number of nitrogens with zero attached hydrogens (tertiary/aromatic N) is 3. The Hall–Kier alpha value is -2.55. The second kappa shape index (κ2) is 8.86. The van der Waals surface area contributed by atoms with Crippen molar-refractivity contribution in [1.82, 2.24) is 14.6 Å². The molecule has 0 spiro atoms. The lowest BCUT2D eigenvalue weighted by Gasteiger charge is -2.06. The molecule has 0 radical (unpaired) electrons. The van der Waals surface area contributed by atoms with E-state index in [1.165, 1.54) is 23.0 Å². The summed E-state index contributed by atoms with van der Waals surface area (Å²) >= 11 is 12.4. The van der Waals surface area contributed by atoms with Crippen LogP contribution >= 0.6 is 23.2 Å². The van der Waals surface area contributed by atoms with Gasteiger partial charge in [-0.05, 0) is 56.3 Å². The SMILES string of the molecule is CCOc1ccc(S(=O)(=O)NN=Cc2c(C)nn(-c3cccc(Cl)c3)c2Cl)cc1. The second-order valence-corrected chi connectivity index (χ2v) is 8.39. The first kappa shape index (κ1) is 21.2. The van der Waals surface area contributed by atoms with Crippen LogP contribution in [0.25, 0.3) is 5.69 Å². The molecule has 3 rings (SSSR count). The number of aromatic nitrogens is 2. The van der Waals surface area contributed by atoms with Crippen molar-refractivity contribution in [3.63, 3.8) is 0 Å². The maximum absolute atomic E-state index is 12.4. The molecule has 0 fully saturated rings. The van der Waals surface area contributed by atoms with E-state index >= 15 is 0 Å². The number of hydrogen-bond acceptors (Lipinski definition) is 5. The van der Waals surface area contributed by atoms with Crippen molar-refractivity contribution in [3.05, 3.63) is 70.0 Å². The molecule has 0 saturated carbocycles. The molecule has 0 aliphatic carbocycles. The van der Waals surface area contributed by atoms with Crippen LogP contribution in [-0.4, -0.2) is 31.0 Å². The third-order valence-corrected chi connectivity index (χ3v) is 5.75. The number of rotatable bonds is 7. The van der Waals surface area contributed by atoms with Gasteiger partial charge < -0.3 is 4.74 Å². The molecule has 0 aliphatic heterocycles. The lowest BCUT2D eigenvalue weighted by molar-refractivity contribution is 0.340. The molecule has 0 aliphatic rings. The molecule has 29 heavy (non-hydrogen) atoms. The number of hydrazone groups is 1. The Morgan fingerprint density at radius 3 is 2.59 bits per heavy atom. The van der Waals surface area contributed by atoms with Gasteiger partial charge in [-0.3, -0.25) is 0 Å². The van der Waals surface area contributed by atoms with Crippen LogP contribution in [0.3, 0.4) is 0 Å². The summed E-state index contributed by atoms with van der Waals surface area (Å²) in [6, 6.07) is 13.1. The smallest absolute Gasteiger partial charge is 0.276 e. The molecular weight excluding hydrogens is 435 g/mol. The number of nitrogens with one attached hydrogen (secondary N) is 1. The highest BCUT2D eigenvalue weighted by molar-refractivity contribution is 7.89. The van der Waals surface area contributed by atoms with Gasteiger partial charge in [-0.25, -0.2) is 9.51 Å². The fraction of sp³-hybridized carbons (Fsp3) is 0.158. The summed E-state index contributed by atoms with van der Waals surface area (Å²) in [5.41, 5.74) is 1.75. The molecule has 1 aromatic heterocycles. The predicted octanol–water partition coefficient (Wildman–Crippen LogP) is 4.20. The van der Waals surface area contributed by atoms with Crippen LogP contribution in [-0.2, 0) is 10.0 Å². The summed E-state index contributed by atoms with van der Waals surface area (Å²) in [6.07, 6.45) is 1.32. The van der Waals surface area contributed by atoms with Gasteiger partial charge in [0.1, 0.15) is 10.9 Å². The van der Waals surface area contributed by atoms with Crippen molar-refractivity contribution in [1.29, 1.82) is 0 Å². The molecule has 0 unspecified atom stereocenters. The highest BCUT2D eigenvalue weighted by Gasteiger charge is 2.15. The van der Waals surface area contributed by atoms with E-state index in [0.29, 0.717) is 34.3 Å². The van der Waals surface area contributed by atoms with Crippen molar-refractivity contribution >= 4 is 39.4 Å². The zero-order chi connectivity index (χ0) is 21.0. The van der Waals surface area contributed by atoms with Crippen LogP contribution in [0.1, 0.15) is 18.2 Å². The minimum atomic E-state index is -3.83. The van der Waals surface area contributed by atoms with Gasteiger partial charge in [-0.15, -0.1) is 0 Å². The van der Waals surface area contributed by atoms with Crippen LogP contribution < -0.4 is 9.57 Å². The summed E-state index contributed by atoms with van der Waals surface area (Å²) < 4.78 is 31.6. The summed E-state index contributed by atoms with van der Waals surface area (Å²) in [7, 11) is -3.83. The van der Waals surface area contributed by atoms with Gasteiger partial charge in [0.25, 0.3) is 10.0 Å². The van der Waals surface area contributed by atoms with Crippen molar-refractivity contribution in [2.75, 3.05) is 6.61 Å². The Labute approximate surface area is 179 Å². The van der Waals surface area contributed by atoms with Crippen LogP contribution in [0.5, 0.6) is 5.75 Å². The molecule has 2 aromatic carbocycles. The zero-order valence-electron chi connectivity index (χ0n) is 15.6. The van der Waals surface area contributed by atoms with Crippen molar-refractivity contribution in [3.8, 4) is 11.4 Å². The van der Waals surface area contributed by atoms with Gasteiger partial charge in [-0.2, -0.15) is 18.6 Å². The van der Waals surface area contributed by atoms with E-state index in [4.69, 9.17) is 27.9 Å².